The van der Waals surface area contributed by atoms with Crippen LogP contribution in [0.4, 0.5) is 0 Å². The Kier molecular flexibility index (Phi) is 9.76. The highest BCUT2D eigenvalue weighted by Gasteiger charge is 2.15. The molecule has 3 aromatic carbocycles. The molecule has 0 radical (unpaired) electrons. The highest BCUT2D eigenvalue weighted by atomic mass is 32.2. The van der Waals surface area contributed by atoms with Gasteiger partial charge in [-0.15, -0.1) is 0 Å². The molecule has 0 saturated heterocycles. The molecule has 0 atom stereocenters. The predicted molar refractivity (Wildman–Crippen MR) is 138 cm³/mol. The van der Waals surface area contributed by atoms with Gasteiger partial charge in [-0.25, -0.2) is 23.4 Å². The Bertz CT molecular complexity index is 1340. The average Bonchev–Trinajstić information content (AvgIpc) is 2.92. The quantitative estimate of drug-likeness (QED) is 0.161. The number of ether oxygens (including phenoxy) is 3. The number of carbonyl (C=O) groups excluding carboxylic acids is 2. The summed E-state index contributed by atoms with van der Waals surface area (Å²) in [5.41, 5.74) is 3.14. The molecule has 2 N–H and O–H groups in total. The van der Waals surface area contributed by atoms with E-state index in [1.165, 1.54) is 31.5 Å². The second kappa shape index (κ2) is 13.2. The number of sulfonamides is 1. The molecule has 0 aromatic heterocycles. The van der Waals surface area contributed by atoms with Gasteiger partial charge in [-0.2, -0.15) is 5.10 Å². The molecule has 0 aliphatic carbocycles. The lowest BCUT2D eigenvalue weighted by atomic mass is 10.2. The second-order valence-electron chi connectivity index (χ2n) is 7.60. The van der Waals surface area contributed by atoms with E-state index in [2.05, 4.69) is 15.2 Å². The van der Waals surface area contributed by atoms with Gasteiger partial charge in [0.15, 0.2) is 11.5 Å². The van der Waals surface area contributed by atoms with E-state index in [1.54, 1.807) is 54.6 Å². The van der Waals surface area contributed by atoms with Gasteiger partial charge in [0, 0.05) is 0 Å². The third-order valence-corrected chi connectivity index (χ3v) is 6.25. The van der Waals surface area contributed by atoms with E-state index in [1.807, 2.05) is 6.92 Å². The van der Waals surface area contributed by atoms with Crippen LogP contribution in [0.1, 0.15) is 29.3 Å². The number of hydrogen-bond donors (Lipinski definition) is 2. The number of esters is 1. The van der Waals surface area contributed by atoms with E-state index in [-0.39, 0.29) is 16.4 Å². The molecule has 0 aliphatic heterocycles. The SMILES string of the molecule is CCCOc1ccc(C(=O)Oc2ccc(/C=N/NC(=O)CNS(=O)(=O)c3ccccc3)cc2OC)cc1. The molecule has 0 fully saturated rings. The Hall–Kier alpha value is -4.22. The first-order chi connectivity index (χ1) is 17.8. The number of nitrogens with one attached hydrogen (secondary N) is 2. The fourth-order valence-electron chi connectivity index (χ4n) is 2.98. The Labute approximate surface area is 215 Å². The Balaban J connectivity index is 1.55. The average molecular weight is 526 g/mol. The van der Waals surface area contributed by atoms with E-state index < -0.39 is 28.4 Å². The Morgan fingerprint density at radius 3 is 2.38 bits per heavy atom. The molecule has 3 aromatic rings. The van der Waals surface area contributed by atoms with Crippen LogP contribution in [0.5, 0.6) is 17.2 Å². The minimum Gasteiger partial charge on any atom is -0.494 e. The van der Waals surface area contributed by atoms with Gasteiger partial charge < -0.3 is 14.2 Å². The monoisotopic (exact) mass is 525 g/mol. The van der Waals surface area contributed by atoms with Crippen molar-refractivity contribution < 1.29 is 32.2 Å². The zero-order chi connectivity index (χ0) is 26.7. The molecule has 37 heavy (non-hydrogen) atoms. The van der Waals surface area contributed by atoms with Gasteiger partial charge in [0.1, 0.15) is 5.75 Å². The molecular weight excluding hydrogens is 498 g/mol. The van der Waals surface area contributed by atoms with Crippen molar-refractivity contribution in [3.05, 3.63) is 83.9 Å². The highest BCUT2D eigenvalue weighted by Crippen LogP contribution is 2.28. The first-order valence-electron chi connectivity index (χ1n) is 11.3. The number of rotatable bonds is 12. The van der Waals surface area contributed by atoms with E-state index in [0.29, 0.717) is 23.5 Å². The maximum atomic E-state index is 12.5. The number of methoxy groups -OCH3 is 1. The predicted octanol–water partition coefficient (Wildman–Crippen LogP) is 3.13. The van der Waals surface area contributed by atoms with Crippen molar-refractivity contribution in [3.8, 4) is 17.2 Å². The number of benzene rings is 3. The molecule has 1 amide bonds. The van der Waals surface area contributed by atoms with Crippen molar-refractivity contribution in [1.29, 1.82) is 0 Å². The van der Waals surface area contributed by atoms with Crippen LogP contribution in [0.15, 0.2) is 82.8 Å². The van der Waals surface area contributed by atoms with Crippen molar-refractivity contribution in [2.45, 2.75) is 18.2 Å². The van der Waals surface area contributed by atoms with Gasteiger partial charge in [0.25, 0.3) is 5.91 Å². The van der Waals surface area contributed by atoms with Gasteiger partial charge >= 0.3 is 5.97 Å². The summed E-state index contributed by atoms with van der Waals surface area (Å²) in [4.78, 5) is 24.5. The molecule has 0 spiro atoms. The maximum Gasteiger partial charge on any atom is 0.343 e. The molecule has 0 aliphatic rings. The normalized spacial score (nSPS) is 11.2. The van der Waals surface area contributed by atoms with E-state index in [4.69, 9.17) is 14.2 Å². The number of hydrazone groups is 1. The van der Waals surface area contributed by atoms with Gasteiger partial charge in [-0.1, -0.05) is 25.1 Å². The van der Waals surface area contributed by atoms with Crippen LogP contribution in [0.3, 0.4) is 0 Å². The summed E-state index contributed by atoms with van der Waals surface area (Å²) in [6, 6.07) is 19.0. The van der Waals surface area contributed by atoms with Crippen LogP contribution < -0.4 is 24.4 Å². The summed E-state index contributed by atoms with van der Waals surface area (Å²) in [5.74, 6) is -0.0656. The molecule has 0 saturated carbocycles. The fraction of sp³-hybridized carbons (Fsp3) is 0.192. The standard InChI is InChI=1S/C26H27N3O7S/c1-3-15-35-21-12-10-20(11-13-21)26(31)36-23-14-9-19(16-24(23)34-2)17-27-29-25(30)18-28-37(32,33)22-7-5-4-6-8-22/h4-14,16-17,28H,3,15,18H2,1-2H3,(H,29,30)/b27-17+. The van der Waals surface area contributed by atoms with Crippen LogP contribution in [-0.2, 0) is 14.8 Å². The molecular formula is C26H27N3O7S. The summed E-state index contributed by atoms with van der Waals surface area (Å²) in [6.07, 6.45) is 2.22. The van der Waals surface area contributed by atoms with Crippen molar-refractivity contribution in [1.82, 2.24) is 10.1 Å². The van der Waals surface area contributed by atoms with Crippen LogP contribution in [-0.4, -0.2) is 46.8 Å². The summed E-state index contributed by atoms with van der Waals surface area (Å²) in [6.45, 7) is 2.11. The lowest BCUT2D eigenvalue weighted by Crippen LogP contribution is -2.34. The number of hydrogen-bond acceptors (Lipinski definition) is 8. The van der Waals surface area contributed by atoms with E-state index >= 15 is 0 Å². The van der Waals surface area contributed by atoms with Crippen molar-refractivity contribution in [2.24, 2.45) is 5.10 Å². The highest BCUT2D eigenvalue weighted by molar-refractivity contribution is 7.89. The van der Waals surface area contributed by atoms with E-state index in [0.717, 1.165) is 6.42 Å². The Morgan fingerprint density at radius 2 is 1.70 bits per heavy atom. The lowest BCUT2D eigenvalue weighted by molar-refractivity contribution is -0.119. The molecule has 0 unspecified atom stereocenters. The van der Waals surface area contributed by atoms with Crippen LogP contribution in [0.25, 0.3) is 0 Å². The van der Waals surface area contributed by atoms with Crippen LogP contribution >= 0.6 is 0 Å². The van der Waals surface area contributed by atoms with Gasteiger partial charge in [-0.05, 0) is 66.6 Å². The molecule has 10 nitrogen and oxygen atoms in total. The third kappa shape index (κ3) is 8.16. The molecule has 11 heteroatoms. The minimum atomic E-state index is -3.81. The fourth-order valence-corrected chi connectivity index (χ4v) is 3.98. The minimum absolute atomic E-state index is 0.0530. The van der Waals surface area contributed by atoms with Crippen LogP contribution in [0, 0.1) is 0 Å². The zero-order valence-corrected chi connectivity index (χ0v) is 21.2. The smallest absolute Gasteiger partial charge is 0.343 e. The summed E-state index contributed by atoms with van der Waals surface area (Å²) < 4.78 is 42.8. The molecule has 0 heterocycles. The molecule has 194 valence electrons. The lowest BCUT2D eigenvalue weighted by Gasteiger charge is -2.10. The van der Waals surface area contributed by atoms with Gasteiger partial charge in [0.05, 0.1) is 36.9 Å². The van der Waals surface area contributed by atoms with Crippen molar-refractivity contribution >= 4 is 28.1 Å². The first-order valence-corrected chi connectivity index (χ1v) is 12.8. The Morgan fingerprint density at radius 1 is 0.973 bits per heavy atom. The molecule has 3 rings (SSSR count). The van der Waals surface area contributed by atoms with Crippen molar-refractivity contribution in [3.63, 3.8) is 0 Å². The topological polar surface area (TPSA) is 132 Å². The van der Waals surface area contributed by atoms with Gasteiger partial charge in [0.2, 0.25) is 10.0 Å². The summed E-state index contributed by atoms with van der Waals surface area (Å²) >= 11 is 0. The third-order valence-electron chi connectivity index (χ3n) is 4.83. The van der Waals surface area contributed by atoms with Gasteiger partial charge in [-0.3, -0.25) is 4.79 Å². The second-order valence-corrected chi connectivity index (χ2v) is 9.37. The first kappa shape index (κ1) is 27.4. The summed E-state index contributed by atoms with van der Waals surface area (Å²) in [5, 5.41) is 3.82. The van der Waals surface area contributed by atoms with Crippen LogP contribution in [0.2, 0.25) is 0 Å². The number of amides is 1. The number of carbonyl (C=O) groups is 2. The van der Waals surface area contributed by atoms with E-state index in [9.17, 15) is 18.0 Å². The molecule has 0 bridgehead atoms. The van der Waals surface area contributed by atoms with Crippen molar-refractivity contribution in [2.75, 3.05) is 20.3 Å². The zero-order valence-electron chi connectivity index (χ0n) is 20.3. The summed E-state index contributed by atoms with van der Waals surface area (Å²) in [7, 11) is -2.38. The number of nitrogens with zero attached hydrogens (tertiary/aromatic N) is 1. The maximum absolute atomic E-state index is 12.5. The largest absolute Gasteiger partial charge is 0.494 e.